The summed E-state index contributed by atoms with van der Waals surface area (Å²) in [5.74, 6) is 0.905. The third-order valence-corrected chi connectivity index (χ3v) is 3.65. The largest absolute Gasteiger partial charge is 0.493 e. The molecule has 0 atom stereocenters. The second kappa shape index (κ2) is 7.06. The van der Waals surface area contributed by atoms with Crippen LogP contribution in [0.5, 0.6) is 11.5 Å². The number of nitrogens with zero attached hydrogens (tertiary/aromatic N) is 2. The Balaban J connectivity index is 2.02. The Bertz CT molecular complexity index is 1070. The highest BCUT2D eigenvalue weighted by atomic mass is 16.6. The second-order valence-corrected chi connectivity index (χ2v) is 5.25. The molecular weight excluding hydrogens is 340 g/mol. The van der Waals surface area contributed by atoms with Crippen molar-refractivity contribution in [2.24, 2.45) is 0 Å². The number of nitro groups is 1. The monoisotopic (exact) mass is 354 g/mol. The molecule has 3 rings (SSSR count). The van der Waals surface area contributed by atoms with Crippen LogP contribution < -0.4 is 15.1 Å². The lowest BCUT2D eigenvalue weighted by Crippen LogP contribution is -2.04. The molecule has 0 aliphatic carbocycles. The summed E-state index contributed by atoms with van der Waals surface area (Å²) in [7, 11) is 2.95. The van der Waals surface area contributed by atoms with Crippen molar-refractivity contribution in [2.45, 2.75) is 0 Å². The first kappa shape index (κ1) is 17.2. The Morgan fingerprint density at radius 1 is 1.12 bits per heavy atom. The molecule has 1 heterocycles. The topological polar surface area (TPSA) is 105 Å². The predicted molar refractivity (Wildman–Crippen MR) is 95.4 cm³/mol. The van der Waals surface area contributed by atoms with Crippen LogP contribution in [0, 0.1) is 10.1 Å². The zero-order valence-corrected chi connectivity index (χ0v) is 14.0. The van der Waals surface area contributed by atoms with Gasteiger partial charge in [0.05, 0.1) is 30.0 Å². The van der Waals surface area contributed by atoms with E-state index >= 15 is 0 Å². The lowest BCUT2D eigenvalue weighted by atomic mass is 10.2. The maximum Gasteiger partial charge on any atom is 0.347 e. The number of aromatic nitrogens is 1. The molecular formula is C18H14N2O6. The van der Waals surface area contributed by atoms with Gasteiger partial charge < -0.3 is 13.9 Å². The minimum atomic E-state index is -0.574. The molecule has 0 radical (unpaired) electrons. The van der Waals surface area contributed by atoms with E-state index in [1.54, 1.807) is 24.3 Å². The van der Waals surface area contributed by atoms with Crippen LogP contribution in [0.25, 0.3) is 23.1 Å². The van der Waals surface area contributed by atoms with Gasteiger partial charge in [0.15, 0.2) is 11.5 Å². The van der Waals surface area contributed by atoms with Gasteiger partial charge in [0.25, 0.3) is 5.69 Å². The van der Waals surface area contributed by atoms with Crippen LogP contribution >= 0.6 is 0 Å². The molecule has 0 saturated carbocycles. The van der Waals surface area contributed by atoms with Crippen molar-refractivity contribution in [3.63, 3.8) is 0 Å². The molecule has 0 N–H and O–H groups in total. The number of fused-ring (bicyclic) bond motifs is 1. The Kier molecular flexibility index (Phi) is 4.66. The zero-order valence-electron chi connectivity index (χ0n) is 14.0. The van der Waals surface area contributed by atoms with E-state index < -0.39 is 10.5 Å². The number of hydrogen-bond acceptors (Lipinski definition) is 7. The fraction of sp³-hybridized carbons (Fsp3) is 0.111. The lowest BCUT2D eigenvalue weighted by Gasteiger charge is -2.08. The summed E-state index contributed by atoms with van der Waals surface area (Å²) >= 11 is 0. The van der Waals surface area contributed by atoms with E-state index in [1.165, 1.54) is 38.5 Å². The standard InChI is InChI=1S/C18H14N2O6/c1-24-15-9-13-14(10-16(15)25-2)19-17(26-18(13)21)7-6-11-4-3-5-12(8-11)20(22)23/h3-10H,1-2H3/b7-6+. The SMILES string of the molecule is COc1cc2nc(/C=C/c3cccc([N+](=O)[O-])c3)oc(=O)c2cc1OC. The van der Waals surface area contributed by atoms with Crippen molar-refractivity contribution in [3.8, 4) is 11.5 Å². The lowest BCUT2D eigenvalue weighted by molar-refractivity contribution is -0.384. The maximum absolute atomic E-state index is 12.2. The van der Waals surface area contributed by atoms with Crippen LogP contribution in [0.3, 0.4) is 0 Å². The van der Waals surface area contributed by atoms with E-state index in [-0.39, 0.29) is 17.0 Å². The molecule has 2 aromatic carbocycles. The van der Waals surface area contributed by atoms with Crippen molar-refractivity contribution in [2.75, 3.05) is 14.2 Å². The predicted octanol–water partition coefficient (Wildman–Crippen LogP) is 3.28. The first-order valence-electron chi connectivity index (χ1n) is 7.51. The summed E-state index contributed by atoms with van der Waals surface area (Å²) in [6, 6.07) is 9.14. The second-order valence-electron chi connectivity index (χ2n) is 5.25. The summed E-state index contributed by atoms with van der Waals surface area (Å²) in [6.07, 6.45) is 3.04. The van der Waals surface area contributed by atoms with Gasteiger partial charge in [-0.15, -0.1) is 0 Å². The third-order valence-electron chi connectivity index (χ3n) is 3.65. The molecule has 1 aromatic heterocycles. The highest BCUT2D eigenvalue weighted by Gasteiger charge is 2.11. The van der Waals surface area contributed by atoms with Crippen LogP contribution in [-0.2, 0) is 0 Å². The minimum absolute atomic E-state index is 0.0306. The minimum Gasteiger partial charge on any atom is -0.493 e. The van der Waals surface area contributed by atoms with Crippen molar-refractivity contribution >= 4 is 28.7 Å². The Morgan fingerprint density at radius 3 is 2.54 bits per heavy atom. The summed E-state index contributed by atoms with van der Waals surface area (Å²) in [5.41, 5.74) is 0.361. The van der Waals surface area contributed by atoms with E-state index in [0.717, 1.165) is 0 Å². The van der Waals surface area contributed by atoms with Crippen LogP contribution in [0.2, 0.25) is 0 Å². The van der Waals surface area contributed by atoms with E-state index in [4.69, 9.17) is 13.9 Å². The molecule has 0 unspecified atom stereocenters. The van der Waals surface area contributed by atoms with Gasteiger partial charge in [-0.25, -0.2) is 9.78 Å². The number of methoxy groups -OCH3 is 2. The van der Waals surface area contributed by atoms with E-state index in [9.17, 15) is 14.9 Å². The van der Waals surface area contributed by atoms with Gasteiger partial charge in [0, 0.05) is 30.3 Å². The van der Waals surface area contributed by atoms with Gasteiger partial charge in [0.2, 0.25) is 5.89 Å². The number of benzene rings is 2. The average Bonchev–Trinajstić information content (AvgIpc) is 2.65. The van der Waals surface area contributed by atoms with Gasteiger partial charge in [0.1, 0.15) is 0 Å². The summed E-state index contributed by atoms with van der Waals surface area (Å²) in [6.45, 7) is 0. The highest BCUT2D eigenvalue weighted by Crippen LogP contribution is 2.30. The molecule has 3 aromatic rings. The van der Waals surface area contributed by atoms with Crippen molar-refractivity contribution in [3.05, 3.63) is 68.4 Å². The smallest absolute Gasteiger partial charge is 0.347 e. The van der Waals surface area contributed by atoms with Crippen LogP contribution in [0.1, 0.15) is 11.5 Å². The Labute approximate surface area is 147 Å². The maximum atomic E-state index is 12.2. The normalized spacial score (nSPS) is 11.0. The Hall–Kier alpha value is -3.68. The molecule has 132 valence electrons. The number of hydrogen-bond donors (Lipinski definition) is 0. The quantitative estimate of drug-likeness (QED) is 0.511. The van der Waals surface area contributed by atoms with E-state index in [0.29, 0.717) is 22.6 Å². The fourth-order valence-electron chi connectivity index (χ4n) is 2.40. The van der Waals surface area contributed by atoms with Gasteiger partial charge >= 0.3 is 5.63 Å². The van der Waals surface area contributed by atoms with Gasteiger partial charge in [-0.1, -0.05) is 12.1 Å². The Morgan fingerprint density at radius 2 is 1.85 bits per heavy atom. The highest BCUT2D eigenvalue weighted by molar-refractivity contribution is 5.82. The van der Waals surface area contributed by atoms with Crippen molar-refractivity contribution < 1.29 is 18.8 Å². The van der Waals surface area contributed by atoms with Gasteiger partial charge in [-0.3, -0.25) is 10.1 Å². The molecule has 0 aliphatic heterocycles. The zero-order chi connectivity index (χ0) is 18.7. The summed E-state index contributed by atoms with van der Waals surface area (Å²) in [4.78, 5) is 26.8. The summed E-state index contributed by atoms with van der Waals surface area (Å²) < 4.78 is 15.6. The van der Waals surface area contributed by atoms with Crippen molar-refractivity contribution in [1.82, 2.24) is 4.98 Å². The van der Waals surface area contributed by atoms with E-state index in [1.807, 2.05) is 0 Å². The van der Waals surface area contributed by atoms with Crippen molar-refractivity contribution in [1.29, 1.82) is 0 Å². The number of rotatable bonds is 5. The number of nitro benzene ring substituents is 1. The molecule has 0 saturated heterocycles. The summed E-state index contributed by atoms with van der Waals surface area (Å²) in [5, 5.41) is 11.1. The molecule has 0 amide bonds. The average molecular weight is 354 g/mol. The number of non-ortho nitro benzene ring substituents is 1. The van der Waals surface area contributed by atoms with Crippen LogP contribution in [-0.4, -0.2) is 24.1 Å². The molecule has 8 nitrogen and oxygen atoms in total. The van der Waals surface area contributed by atoms with Crippen LogP contribution in [0.4, 0.5) is 5.69 Å². The molecule has 0 spiro atoms. The van der Waals surface area contributed by atoms with Gasteiger partial charge in [-0.05, 0) is 11.6 Å². The fourth-order valence-corrected chi connectivity index (χ4v) is 2.40. The van der Waals surface area contributed by atoms with Gasteiger partial charge in [-0.2, -0.15) is 0 Å². The molecule has 0 bridgehead atoms. The molecule has 26 heavy (non-hydrogen) atoms. The third kappa shape index (κ3) is 3.39. The first-order chi connectivity index (χ1) is 12.5. The molecule has 0 fully saturated rings. The molecule has 8 heteroatoms. The molecule has 0 aliphatic rings. The number of ether oxygens (including phenoxy) is 2. The van der Waals surface area contributed by atoms with E-state index in [2.05, 4.69) is 4.98 Å². The first-order valence-corrected chi connectivity index (χ1v) is 7.51. The van der Waals surface area contributed by atoms with Crippen LogP contribution in [0.15, 0.2) is 45.6 Å².